The standard InChI is InChI=1S/C19H22N4O4/c20-16(24)15-12-14(22-23(15)13-8-4-3-5-9-13)17(25)21-19(18(26)27)10-6-1-2-7-11-19/h3-5,8-9,12H,1-2,6-7,10-11H2,(H2,20,24)(H,21,25)(H,26,27). The molecule has 1 aliphatic rings. The molecule has 8 heteroatoms. The van der Waals surface area contributed by atoms with Crippen LogP contribution in [-0.4, -0.2) is 38.2 Å². The van der Waals surface area contributed by atoms with Crippen LogP contribution in [0.3, 0.4) is 0 Å². The fourth-order valence-electron chi connectivity index (χ4n) is 3.44. The lowest BCUT2D eigenvalue weighted by atomic mass is 9.90. The molecule has 1 saturated carbocycles. The van der Waals surface area contributed by atoms with Gasteiger partial charge in [0.15, 0.2) is 5.69 Å². The van der Waals surface area contributed by atoms with Gasteiger partial charge in [-0.3, -0.25) is 9.59 Å². The van der Waals surface area contributed by atoms with Gasteiger partial charge in [0.25, 0.3) is 11.8 Å². The van der Waals surface area contributed by atoms with Crippen molar-refractivity contribution in [3.63, 3.8) is 0 Å². The number of aliphatic carboxylic acids is 1. The highest BCUT2D eigenvalue weighted by molar-refractivity contribution is 5.99. The molecule has 1 aromatic carbocycles. The Hall–Kier alpha value is -3.16. The number of carboxylic acids is 1. The van der Waals surface area contributed by atoms with Crippen molar-refractivity contribution in [3.05, 3.63) is 47.8 Å². The number of amides is 2. The van der Waals surface area contributed by atoms with Gasteiger partial charge in [-0.1, -0.05) is 43.9 Å². The number of carboxylic acid groups (broad SMARTS) is 1. The second-order valence-corrected chi connectivity index (χ2v) is 6.78. The fraction of sp³-hybridized carbons (Fsp3) is 0.368. The van der Waals surface area contributed by atoms with Crippen LogP contribution < -0.4 is 11.1 Å². The molecule has 4 N–H and O–H groups in total. The third-order valence-corrected chi connectivity index (χ3v) is 4.91. The SMILES string of the molecule is NC(=O)c1cc(C(=O)NC2(C(=O)O)CCCCCC2)nn1-c1ccccc1. The van der Waals surface area contributed by atoms with Crippen LogP contribution in [0.1, 0.15) is 59.5 Å². The predicted molar refractivity (Wildman–Crippen MR) is 97.6 cm³/mol. The molecule has 0 atom stereocenters. The van der Waals surface area contributed by atoms with Gasteiger partial charge < -0.3 is 16.2 Å². The normalized spacial score (nSPS) is 16.3. The predicted octanol–water partition coefficient (Wildman–Crippen LogP) is 1.88. The number of hydrogen-bond donors (Lipinski definition) is 3. The summed E-state index contributed by atoms with van der Waals surface area (Å²) in [5.41, 5.74) is 4.70. The van der Waals surface area contributed by atoms with E-state index in [-0.39, 0.29) is 11.4 Å². The number of nitrogens with two attached hydrogens (primary N) is 1. The summed E-state index contributed by atoms with van der Waals surface area (Å²) in [6.45, 7) is 0. The first-order chi connectivity index (χ1) is 12.9. The molecule has 0 unspecified atom stereocenters. The Morgan fingerprint density at radius 2 is 1.70 bits per heavy atom. The van der Waals surface area contributed by atoms with Gasteiger partial charge in [0, 0.05) is 6.07 Å². The third kappa shape index (κ3) is 3.84. The number of nitrogens with zero attached hydrogens (tertiary/aromatic N) is 2. The van der Waals surface area contributed by atoms with Crippen molar-refractivity contribution in [1.82, 2.24) is 15.1 Å². The average molecular weight is 370 g/mol. The summed E-state index contributed by atoms with van der Waals surface area (Å²) in [5, 5.41) is 16.6. The summed E-state index contributed by atoms with van der Waals surface area (Å²) in [4.78, 5) is 36.4. The van der Waals surface area contributed by atoms with Gasteiger partial charge in [-0.2, -0.15) is 5.10 Å². The van der Waals surface area contributed by atoms with Crippen LogP contribution in [0, 0.1) is 0 Å². The molecule has 0 aliphatic heterocycles. The van der Waals surface area contributed by atoms with Crippen molar-refractivity contribution in [2.45, 2.75) is 44.1 Å². The topological polar surface area (TPSA) is 127 Å². The smallest absolute Gasteiger partial charge is 0.329 e. The highest BCUT2D eigenvalue weighted by atomic mass is 16.4. The van der Waals surface area contributed by atoms with Gasteiger partial charge in [0.2, 0.25) is 0 Å². The number of primary amides is 1. The zero-order valence-corrected chi connectivity index (χ0v) is 14.9. The number of aromatic nitrogens is 2. The summed E-state index contributed by atoms with van der Waals surface area (Å²) in [5.74, 6) is -2.40. The zero-order chi connectivity index (χ0) is 19.4. The minimum atomic E-state index is -1.31. The molecule has 0 bridgehead atoms. The number of nitrogens with one attached hydrogen (secondary N) is 1. The Labute approximate surface area is 156 Å². The first kappa shape index (κ1) is 18.6. The Morgan fingerprint density at radius 3 is 2.26 bits per heavy atom. The highest BCUT2D eigenvalue weighted by Gasteiger charge is 2.40. The molecule has 1 aromatic heterocycles. The molecule has 0 saturated heterocycles. The van der Waals surface area contributed by atoms with E-state index in [1.807, 2.05) is 6.07 Å². The molecule has 8 nitrogen and oxygen atoms in total. The average Bonchev–Trinajstić information content (AvgIpc) is 2.97. The lowest BCUT2D eigenvalue weighted by molar-refractivity contribution is -0.145. The van der Waals surface area contributed by atoms with Gasteiger partial charge in [0.1, 0.15) is 11.2 Å². The van der Waals surface area contributed by atoms with Gasteiger partial charge in [-0.25, -0.2) is 9.48 Å². The van der Waals surface area contributed by atoms with E-state index in [2.05, 4.69) is 10.4 Å². The van der Waals surface area contributed by atoms with Crippen molar-refractivity contribution in [2.75, 3.05) is 0 Å². The molecular weight excluding hydrogens is 348 g/mol. The summed E-state index contributed by atoms with van der Waals surface area (Å²) in [7, 11) is 0. The number of carbonyl (C=O) groups excluding carboxylic acids is 2. The van der Waals surface area contributed by atoms with E-state index in [1.165, 1.54) is 10.7 Å². The minimum absolute atomic E-state index is 0.0440. The molecule has 2 aromatic rings. The molecule has 1 heterocycles. The number of benzene rings is 1. The maximum atomic E-state index is 12.8. The quantitative estimate of drug-likeness (QED) is 0.693. The number of para-hydroxylation sites is 1. The molecular formula is C19H22N4O4. The maximum Gasteiger partial charge on any atom is 0.329 e. The van der Waals surface area contributed by atoms with Crippen LogP contribution in [0.25, 0.3) is 5.69 Å². The van der Waals surface area contributed by atoms with E-state index in [0.29, 0.717) is 18.5 Å². The summed E-state index contributed by atoms with van der Waals surface area (Å²) >= 11 is 0. The second kappa shape index (κ2) is 7.61. The maximum absolute atomic E-state index is 12.8. The first-order valence-corrected chi connectivity index (χ1v) is 8.94. The van der Waals surface area contributed by atoms with Gasteiger partial charge in [-0.05, 0) is 25.0 Å². The lowest BCUT2D eigenvalue weighted by Crippen LogP contribution is -2.54. The largest absolute Gasteiger partial charge is 0.480 e. The van der Waals surface area contributed by atoms with E-state index in [1.54, 1.807) is 24.3 Å². The van der Waals surface area contributed by atoms with Crippen LogP contribution >= 0.6 is 0 Å². The molecule has 142 valence electrons. The van der Waals surface area contributed by atoms with Crippen molar-refractivity contribution in [3.8, 4) is 5.69 Å². The monoisotopic (exact) mass is 370 g/mol. The molecule has 0 spiro atoms. The summed E-state index contributed by atoms with van der Waals surface area (Å²) < 4.78 is 1.29. The third-order valence-electron chi connectivity index (χ3n) is 4.91. The van der Waals surface area contributed by atoms with Crippen LogP contribution in [-0.2, 0) is 4.79 Å². The molecule has 0 radical (unpaired) electrons. The van der Waals surface area contributed by atoms with Crippen molar-refractivity contribution in [2.24, 2.45) is 5.73 Å². The van der Waals surface area contributed by atoms with Crippen LogP contribution in [0.4, 0.5) is 0 Å². The molecule has 2 amide bonds. The Kier molecular flexibility index (Phi) is 5.25. The van der Waals surface area contributed by atoms with Crippen molar-refractivity contribution >= 4 is 17.8 Å². The lowest BCUT2D eigenvalue weighted by Gasteiger charge is -2.28. The Morgan fingerprint density at radius 1 is 1.07 bits per heavy atom. The van der Waals surface area contributed by atoms with Crippen LogP contribution in [0.2, 0.25) is 0 Å². The highest BCUT2D eigenvalue weighted by Crippen LogP contribution is 2.28. The first-order valence-electron chi connectivity index (χ1n) is 8.94. The summed E-state index contributed by atoms with van der Waals surface area (Å²) in [6, 6.07) is 10.1. The van der Waals surface area contributed by atoms with E-state index < -0.39 is 23.3 Å². The minimum Gasteiger partial charge on any atom is -0.480 e. The van der Waals surface area contributed by atoms with Gasteiger partial charge >= 0.3 is 5.97 Å². The Bertz CT molecular complexity index is 852. The number of hydrogen-bond acceptors (Lipinski definition) is 4. The second-order valence-electron chi connectivity index (χ2n) is 6.78. The Balaban J connectivity index is 1.92. The van der Waals surface area contributed by atoms with Gasteiger partial charge in [-0.15, -0.1) is 0 Å². The van der Waals surface area contributed by atoms with E-state index in [4.69, 9.17) is 5.73 Å². The molecule has 3 rings (SSSR count). The van der Waals surface area contributed by atoms with Crippen molar-refractivity contribution < 1.29 is 19.5 Å². The van der Waals surface area contributed by atoms with Crippen molar-refractivity contribution in [1.29, 1.82) is 0 Å². The van der Waals surface area contributed by atoms with Crippen LogP contribution in [0.5, 0.6) is 0 Å². The van der Waals surface area contributed by atoms with Crippen LogP contribution in [0.15, 0.2) is 36.4 Å². The molecule has 1 fully saturated rings. The zero-order valence-electron chi connectivity index (χ0n) is 14.9. The molecule has 1 aliphatic carbocycles. The number of rotatable bonds is 5. The summed E-state index contributed by atoms with van der Waals surface area (Å²) in [6.07, 6.45) is 4.10. The molecule has 27 heavy (non-hydrogen) atoms. The van der Waals surface area contributed by atoms with E-state index >= 15 is 0 Å². The van der Waals surface area contributed by atoms with E-state index in [9.17, 15) is 19.5 Å². The van der Waals surface area contributed by atoms with E-state index in [0.717, 1.165) is 25.7 Å². The fourth-order valence-corrected chi connectivity index (χ4v) is 3.44. The number of carbonyl (C=O) groups is 3. The van der Waals surface area contributed by atoms with Gasteiger partial charge in [0.05, 0.1) is 5.69 Å².